The van der Waals surface area contributed by atoms with Crippen LogP contribution in [-0.4, -0.2) is 21.2 Å². The Morgan fingerprint density at radius 2 is 1.97 bits per heavy atom. The number of carbonyl (C=O) groups is 1. The molecule has 0 radical (unpaired) electrons. The molecule has 0 atom stereocenters. The van der Waals surface area contributed by atoms with E-state index in [1.165, 1.54) is 11.8 Å². The molecule has 0 bridgehead atoms. The number of fused-ring (bicyclic) bond motifs is 1. The molecule has 0 saturated carbocycles. The molecule has 0 fully saturated rings. The number of hydrogen-bond acceptors (Lipinski definition) is 5. The summed E-state index contributed by atoms with van der Waals surface area (Å²) in [5, 5.41) is 5.69. The van der Waals surface area contributed by atoms with Crippen LogP contribution in [0.5, 0.6) is 0 Å². The molecule has 1 aromatic carbocycles. The number of thioether (sulfide) groups is 1. The standard InChI is InChI=1S/C22H23N3O2S2/c26-20(23-13-16-7-2-1-3-8-16)15-29-21-18-10-4-5-11-19(18)25(22(27)24-21)14-17-9-6-12-28-17/h1-3,6-9,12H,4-5,10-11,13-15H2,(H,23,26). The normalized spacial score (nSPS) is 13.1. The SMILES string of the molecule is O=C(CSc1nc(=O)n(Cc2cccs2)c2c1CCCC2)NCc1ccccc1. The first-order valence-electron chi connectivity index (χ1n) is 9.79. The molecular weight excluding hydrogens is 402 g/mol. The van der Waals surface area contributed by atoms with Gasteiger partial charge in [0.1, 0.15) is 5.03 Å². The zero-order valence-corrected chi connectivity index (χ0v) is 17.7. The lowest BCUT2D eigenvalue weighted by Crippen LogP contribution is -2.31. The lowest BCUT2D eigenvalue weighted by Gasteiger charge is -2.22. The molecule has 29 heavy (non-hydrogen) atoms. The third-order valence-electron chi connectivity index (χ3n) is 5.02. The fourth-order valence-electron chi connectivity index (χ4n) is 3.57. The maximum absolute atomic E-state index is 12.7. The predicted molar refractivity (Wildman–Crippen MR) is 118 cm³/mol. The summed E-state index contributed by atoms with van der Waals surface area (Å²) in [5.41, 5.74) is 3.09. The van der Waals surface area contributed by atoms with Gasteiger partial charge in [0.25, 0.3) is 0 Å². The fraction of sp³-hybridized carbons (Fsp3) is 0.318. The van der Waals surface area contributed by atoms with Crippen LogP contribution in [0.4, 0.5) is 0 Å². The maximum Gasteiger partial charge on any atom is 0.349 e. The number of carbonyl (C=O) groups excluding carboxylic acids is 1. The Morgan fingerprint density at radius 3 is 2.76 bits per heavy atom. The van der Waals surface area contributed by atoms with Gasteiger partial charge in [0.05, 0.1) is 12.3 Å². The number of amides is 1. The van der Waals surface area contributed by atoms with Crippen molar-refractivity contribution >= 4 is 29.0 Å². The second-order valence-corrected chi connectivity index (χ2v) is 9.04. The minimum atomic E-state index is -0.216. The van der Waals surface area contributed by atoms with Crippen LogP contribution in [0.25, 0.3) is 0 Å². The monoisotopic (exact) mass is 425 g/mol. The van der Waals surface area contributed by atoms with Crippen molar-refractivity contribution in [1.82, 2.24) is 14.9 Å². The molecule has 2 aromatic heterocycles. The van der Waals surface area contributed by atoms with Crippen molar-refractivity contribution in [2.45, 2.75) is 43.8 Å². The van der Waals surface area contributed by atoms with Crippen molar-refractivity contribution in [2.75, 3.05) is 5.75 Å². The van der Waals surface area contributed by atoms with Gasteiger partial charge in [-0.05, 0) is 42.7 Å². The van der Waals surface area contributed by atoms with Gasteiger partial charge in [-0.3, -0.25) is 9.36 Å². The van der Waals surface area contributed by atoms with E-state index >= 15 is 0 Å². The maximum atomic E-state index is 12.7. The van der Waals surface area contributed by atoms with Gasteiger partial charge in [0.15, 0.2) is 0 Å². The van der Waals surface area contributed by atoms with E-state index in [1.54, 1.807) is 11.3 Å². The fourth-order valence-corrected chi connectivity index (χ4v) is 5.17. The highest BCUT2D eigenvalue weighted by Crippen LogP contribution is 2.29. The summed E-state index contributed by atoms with van der Waals surface area (Å²) in [6.07, 6.45) is 4.00. The Balaban J connectivity index is 1.47. The number of nitrogens with one attached hydrogen (secondary N) is 1. The molecule has 1 N–H and O–H groups in total. The van der Waals surface area contributed by atoms with Crippen molar-refractivity contribution in [3.63, 3.8) is 0 Å². The Bertz CT molecular complexity index is 1030. The van der Waals surface area contributed by atoms with Crippen molar-refractivity contribution < 1.29 is 4.79 Å². The van der Waals surface area contributed by atoms with Crippen LogP contribution < -0.4 is 11.0 Å². The Kier molecular flexibility index (Phi) is 6.46. The molecule has 3 aromatic rings. The van der Waals surface area contributed by atoms with Gasteiger partial charge >= 0.3 is 5.69 Å². The Labute approximate surface area is 178 Å². The van der Waals surface area contributed by atoms with E-state index in [0.717, 1.165) is 52.4 Å². The van der Waals surface area contributed by atoms with Crippen LogP contribution in [0.1, 0.15) is 34.5 Å². The van der Waals surface area contributed by atoms with Crippen LogP contribution in [0.15, 0.2) is 57.7 Å². The molecule has 7 heteroatoms. The van der Waals surface area contributed by atoms with E-state index in [4.69, 9.17) is 0 Å². The molecule has 5 nitrogen and oxygen atoms in total. The van der Waals surface area contributed by atoms with Crippen LogP contribution >= 0.6 is 23.1 Å². The molecule has 1 amide bonds. The summed E-state index contributed by atoms with van der Waals surface area (Å²) < 4.78 is 1.82. The average Bonchev–Trinajstić information content (AvgIpc) is 3.27. The quantitative estimate of drug-likeness (QED) is 0.464. The summed E-state index contributed by atoms with van der Waals surface area (Å²) in [6.45, 7) is 1.09. The van der Waals surface area contributed by atoms with Gasteiger partial charge in [-0.2, -0.15) is 4.98 Å². The first-order chi connectivity index (χ1) is 14.2. The van der Waals surface area contributed by atoms with Gasteiger partial charge in [-0.15, -0.1) is 11.3 Å². The summed E-state index contributed by atoms with van der Waals surface area (Å²) in [4.78, 5) is 30.5. The highest BCUT2D eigenvalue weighted by atomic mass is 32.2. The zero-order chi connectivity index (χ0) is 20.1. The van der Waals surface area contributed by atoms with Crippen molar-refractivity contribution in [1.29, 1.82) is 0 Å². The molecule has 4 rings (SSSR count). The Morgan fingerprint density at radius 1 is 1.14 bits per heavy atom. The van der Waals surface area contributed by atoms with Crippen molar-refractivity contribution in [3.05, 3.63) is 80.0 Å². The third-order valence-corrected chi connectivity index (χ3v) is 6.90. The number of thiophene rings is 1. The highest BCUT2D eigenvalue weighted by molar-refractivity contribution is 7.99. The number of rotatable bonds is 7. The molecule has 2 heterocycles. The van der Waals surface area contributed by atoms with E-state index < -0.39 is 0 Å². The van der Waals surface area contributed by atoms with E-state index in [-0.39, 0.29) is 17.3 Å². The largest absolute Gasteiger partial charge is 0.351 e. The van der Waals surface area contributed by atoms with Gasteiger partial charge in [-0.1, -0.05) is 48.2 Å². The molecule has 0 unspecified atom stereocenters. The molecule has 0 aliphatic heterocycles. The lowest BCUT2D eigenvalue weighted by molar-refractivity contribution is -0.118. The summed E-state index contributed by atoms with van der Waals surface area (Å²) in [5.74, 6) is 0.216. The lowest BCUT2D eigenvalue weighted by atomic mass is 9.97. The minimum Gasteiger partial charge on any atom is -0.351 e. The van der Waals surface area contributed by atoms with Gasteiger partial charge in [0.2, 0.25) is 5.91 Å². The summed E-state index contributed by atoms with van der Waals surface area (Å²) >= 11 is 3.03. The number of hydrogen-bond donors (Lipinski definition) is 1. The van der Waals surface area contributed by atoms with Crippen LogP contribution in [0.3, 0.4) is 0 Å². The van der Waals surface area contributed by atoms with Gasteiger partial charge in [-0.25, -0.2) is 4.79 Å². The minimum absolute atomic E-state index is 0.0482. The first kappa shape index (κ1) is 19.9. The van der Waals surface area contributed by atoms with Gasteiger partial charge < -0.3 is 5.32 Å². The molecule has 150 valence electrons. The summed E-state index contributed by atoms with van der Waals surface area (Å²) in [6, 6.07) is 13.9. The zero-order valence-electron chi connectivity index (χ0n) is 16.1. The predicted octanol–water partition coefficient (Wildman–Crippen LogP) is 3.64. The topological polar surface area (TPSA) is 64.0 Å². The number of benzene rings is 1. The van der Waals surface area contributed by atoms with Crippen LogP contribution in [0.2, 0.25) is 0 Å². The Hall–Kier alpha value is -2.38. The molecule has 0 saturated heterocycles. The van der Waals surface area contributed by atoms with Crippen molar-refractivity contribution in [3.8, 4) is 0 Å². The van der Waals surface area contributed by atoms with E-state index in [2.05, 4.69) is 10.3 Å². The van der Waals surface area contributed by atoms with E-state index in [0.29, 0.717) is 13.1 Å². The molecule has 1 aliphatic rings. The second-order valence-electron chi connectivity index (χ2n) is 7.05. The van der Waals surface area contributed by atoms with E-state index in [9.17, 15) is 9.59 Å². The number of nitrogens with zero attached hydrogens (tertiary/aromatic N) is 2. The molecule has 1 aliphatic carbocycles. The third kappa shape index (κ3) is 4.97. The highest BCUT2D eigenvalue weighted by Gasteiger charge is 2.21. The second kappa shape index (κ2) is 9.41. The van der Waals surface area contributed by atoms with Crippen LogP contribution in [0, 0.1) is 0 Å². The van der Waals surface area contributed by atoms with Gasteiger partial charge in [0, 0.05) is 22.7 Å². The smallest absolute Gasteiger partial charge is 0.349 e. The molecular formula is C22H23N3O2S2. The van der Waals surface area contributed by atoms with Crippen molar-refractivity contribution in [2.24, 2.45) is 0 Å². The van der Waals surface area contributed by atoms with E-state index in [1.807, 2.05) is 52.4 Å². The first-order valence-corrected chi connectivity index (χ1v) is 11.7. The summed E-state index contributed by atoms with van der Waals surface area (Å²) in [7, 11) is 0. The average molecular weight is 426 g/mol. The van der Waals surface area contributed by atoms with Crippen LogP contribution in [-0.2, 0) is 30.7 Å². The number of aromatic nitrogens is 2. The molecule has 0 spiro atoms.